The molecule has 0 aliphatic rings. The van der Waals surface area contributed by atoms with E-state index in [2.05, 4.69) is 176 Å². The van der Waals surface area contributed by atoms with Gasteiger partial charge in [0.15, 0.2) is 17.5 Å². The summed E-state index contributed by atoms with van der Waals surface area (Å²) in [6, 6.07) is 74.2. The third-order valence-corrected chi connectivity index (χ3v) is 9.74. The molecule has 0 radical (unpaired) electrons. The van der Waals surface area contributed by atoms with Gasteiger partial charge >= 0.3 is 0 Å². The van der Waals surface area contributed by atoms with Gasteiger partial charge in [0.1, 0.15) is 0 Å². The van der Waals surface area contributed by atoms with E-state index < -0.39 is 0 Å². The van der Waals surface area contributed by atoms with Crippen molar-refractivity contribution >= 4 is 0 Å². The fraction of sp³-hybridized carbons (Fsp3) is 0. The van der Waals surface area contributed by atoms with Gasteiger partial charge < -0.3 is 0 Å². The van der Waals surface area contributed by atoms with Crippen molar-refractivity contribution in [2.24, 2.45) is 0 Å². The Labute approximate surface area is 316 Å². The Morgan fingerprint density at radius 3 is 1.02 bits per heavy atom. The Kier molecular flexibility index (Phi) is 8.94. The zero-order valence-corrected chi connectivity index (χ0v) is 29.5. The molecule has 0 amide bonds. The lowest BCUT2D eigenvalue weighted by Crippen LogP contribution is -2.00. The van der Waals surface area contributed by atoms with Gasteiger partial charge in [-0.1, -0.05) is 194 Å². The van der Waals surface area contributed by atoms with E-state index in [0.29, 0.717) is 17.5 Å². The highest BCUT2D eigenvalue weighted by atomic mass is 15.0. The summed E-state index contributed by atoms with van der Waals surface area (Å²) < 4.78 is 0. The van der Waals surface area contributed by atoms with Crippen molar-refractivity contribution in [2.45, 2.75) is 0 Å². The van der Waals surface area contributed by atoms with E-state index in [-0.39, 0.29) is 0 Å². The molecule has 3 heteroatoms. The first kappa shape index (κ1) is 32.7. The highest BCUT2D eigenvalue weighted by Crippen LogP contribution is 2.43. The number of benzene rings is 8. The Balaban J connectivity index is 1.19. The summed E-state index contributed by atoms with van der Waals surface area (Å²) >= 11 is 0. The van der Waals surface area contributed by atoms with Crippen LogP contribution >= 0.6 is 0 Å². The average Bonchev–Trinajstić information content (AvgIpc) is 3.27. The molecule has 0 bridgehead atoms. The average molecular weight is 690 g/mol. The molecule has 254 valence electrons. The largest absolute Gasteiger partial charge is 0.208 e. The van der Waals surface area contributed by atoms with E-state index in [0.717, 1.165) is 33.4 Å². The smallest absolute Gasteiger partial charge is 0.164 e. The predicted molar refractivity (Wildman–Crippen MR) is 223 cm³/mol. The summed E-state index contributed by atoms with van der Waals surface area (Å²) in [5.41, 5.74) is 14.4. The lowest BCUT2D eigenvalue weighted by Gasteiger charge is -2.19. The van der Waals surface area contributed by atoms with E-state index in [1.165, 1.54) is 38.9 Å². The first-order valence-corrected chi connectivity index (χ1v) is 18.2. The van der Waals surface area contributed by atoms with Crippen LogP contribution in [0.5, 0.6) is 0 Å². The lowest BCUT2D eigenvalue weighted by atomic mass is 9.84. The van der Waals surface area contributed by atoms with Gasteiger partial charge in [-0.15, -0.1) is 0 Å². The Morgan fingerprint density at radius 2 is 0.537 bits per heavy atom. The summed E-state index contributed by atoms with van der Waals surface area (Å²) in [5.74, 6) is 1.90. The van der Waals surface area contributed by atoms with Crippen LogP contribution < -0.4 is 0 Å². The minimum atomic E-state index is 0.626. The topological polar surface area (TPSA) is 38.7 Å². The molecule has 0 fully saturated rings. The SMILES string of the molecule is c1ccc(-c2cccc(-c3nc(-c4ccccc4)nc(-c4ccc(-c5c(-c6ccccc6)cc(-c6ccccc6)cc5-c5ccccc5)cc4)n3)c2)cc1. The van der Waals surface area contributed by atoms with Crippen LogP contribution in [-0.4, -0.2) is 15.0 Å². The van der Waals surface area contributed by atoms with E-state index in [4.69, 9.17) is 15.0 Å². The highest BCUT2D eigenvalue weighted by Gasteiger charge is 2.18. The molecule has 1 heterocycles. The summed E-state index contributed by atoms with van der Waals surface area (Å²) in [7, 11) is 0. The molecule has 54 heavy (non-hydrogen) atoms. The van der Waals surface area contributed by atoms with Gasteiger partial charge in [0.2, 0.25) is 0 Å². The second-order valence-electron chi connectivity index (χ2n) is 13.2. The standard InChI is InChI=1S/C51H35N3/c1-6-17-36(18-7-1)43-27-16-28-44(33-43)51-53-49(41-25-14-5-15-26-41)52-50(54-51)42-31-29-40(30-32-42)48-46(38-21-10-3-11-22-38)34-45(37-19-8-2-9-20-37)35-47(48)39-23-12-4-13-24-39/h1-35H. The summed E-state index contributed by atoms with van der Waals surface area (Å²) in [6.45, 7) is 0. The van der Waals surface area contributed by atoms with E-state index in [1.807, 2.05) is 36.4 Å². The van der Waals surface area contributed by atoms with Crippen molar-refractivity contribution in [3.8, 4) is 89.8 Å². The maximum atomic E-state index is 5.09. The molecule has 3 nitrogen and oxygen atoms in total. The summed E-state index contributed by atoms with van der Waals surface area (Å²) in [5, 5.41) is 0. The molecule has 0 unspecified atom stereocenters. The van der Waals surface area contributed by atoms with Crippen LogP contribution in [0.25, 0.3) is 89.8 Å². The molecule has 8 aromatic carbocycles. The van der Waals surface area contributed by atoms with Gasteiger partial charge in [-0.3, -0.25) is 0 Å². The molecule has 9 rings (SSSR count). The first-order chi connectivity index (χ1) is 26.8. The van der Waals surface area contributed by atoms with Gasteiger partial charge in [-0.25, -0.2) is 15.0 Å². The van der Waals surface area contributed by atoms with Crippen molar-refractivity contribution < 1.29 is 0 Å². The molecule has 0 aliphatic carbocycles. The van der Waals surface area contributed by atoms with Gasteiger partial charge in [0.25, 0.3) is 0 Å². The molecular weight excluding hydrogens is 655 g/mol. The van der Waals surface area contributed by atoms with Crippen molar-refractivity contribution in [1.82, 2.24) is 15.0 Å². The zero-order chi connectivity index (χ0) is 36.1. The van der Waals surface area contributed by atoms with E-state index in [9.17, 15) is 0 Å². The van der Waals surface area contributed by atoms with Crippen molar-refractivity contribution in [1.29, 1.82) is 0 Å². The normalized spacial score (nSPS) is 11.0. The minimum Gasteiger partial charge on any atom is -0.208 e. The van der Waals surface area contributed by atoms with Gasteiger partial charge in [-0.2, -0.15) is 0 Å². The first-order valence-electron chi connectivity index (χ1n) is 18.2. The second kappa shape index (κ2) is 14.8. The number of nitrogens with zero attached hydrogens (tertiary/aromatic N) is 3. The molecule has 1 aromatic heterocycles. The van der Waals surface area contributed by atoms with Crippen LogP contribution in [0.4, 0.5) is 0 Å². The van der Waals surface area contributed by atoms with Crippen molar-refractivity contribution in [2.75, 3.05) is 0 Å². The fourth-order valence-electron chi connectivity index (χ4n) is 7.05. The third kappa shape index (κ3) is 6.74. The second-order valence-corrected chi connectivity index (χ2v) is 13.2. The lowest BCUT2D eigenvalue weighted by molar-refractivity contribution is 1.07. The van der Waals surface area contributed by atoms with Crippen LogP contribution in [0.15, 0.2) is 212 Å². The van der Waals surface area contributed by atoms with Crippen molar-refractivity contribution in [3.05, 3.63) is 212 Å². The monoisotopic (exact) mass is 689 g/mol. The van der Waals surface area contributed by atoms with Crippen LogP contribution in [-0.2, 0) is 0 Å². The zero-order valence-electron chi connectivity index (χ0n) is 29.5. The maximum absolute atomic E-state index is 5.09. The van der Waals surface area contributed by atoms with Crippen molar-refractivity contribution in [3.63, 3.8) is 0 Å². The van der Waals surface area contributed by atoms with Gasteiger partial charge in [-0.05, 0) is 73.8 Å². The highest BCUT2D eigenvalue weighted by molar-refractivity contribution is 5.98. The van der Waals surface area contributed by atoms with Crippen LogP contribution in [0.1, 0.15) is 0 Å². The minimum absolute atomic E-state index is 0.626. The number of rotatable bonds is 8. The number of hydrogen-bond acceptors (Lipinski definition) is 3. The summed E-state index contributed by atoms with van der Waals surface area (Å²) in [6.07, 6.45) is 0. The van der Waals surface area contributed by atoms with Crippen LogP contribution in [0, 0.1) is 0 Å². The van der Waals surface area contributed by atoms with Gasteiger partial charge in [0, 0.05) is 16.7 Å². The summed E-state index contributed by atoms with van der Waals surface area (Å²) in [4.78, 5) is 15.1. The Hall–Kier alpha value is -7.23. The van der Waals surface area contributed by atoms with Crippen LogP contribution in [0.2, 0.25) is 0 Å². The number of hydrogen-bond donors (Lipinski definition) is 0. The van der Waals surface area contributed by atoms with Gasteiger partial charge in [0.05, 0.1) is 0 Å². The van der Waals surface area contributed by atoms with E-state index >= 15 is 0 Å². The predicted octanol–water partition coefficient (Wildman–Crippen LogP) is 13.2. The quantitative estimate of drug-likeness (QED) is 0.159. The molecule has 0 aliphatic heterocycles. The molecule has 0 saturated carbocycles. The molecule has 0 spiro atoms. The molecule has 0 N–H and O–H groups in total. The van der Waals surface area contributed by atoms with Crippen LogP contribution in [0.3, 0.4) is 0 Å². The molecule has 9 aromatic rings. The van der Waals surface area contributed by atoms with E-state index in [1.54, 1.807) is 0 Å². The third-order valence-electron chi connectivity index (χ3n) is 9.74. The fourth-order valence-corrected chi connectivity index (χ4v) is 7.05. The molecular formula is C51H35N3. The maximum Gasteiger partial charge on any atom is 0.164 e. The molecule has 0 saturated heterocycles. The number of aromatic nitrogens is 3. The Bertz CT molecular complexity index is 2600. The molecule has 0 atom stereocenters. The Morgan fingerprint density at radius 1 is 0.204 bits per heavy atom.